The molecule has 5 heteroatoms. The molecule has 88 valence electrons. The predicted molar refractivity (Wildman–Crippen MR) is 67.3 cm³/mol. The van der Waals surface area contributed by atoms with Crippen LogP contribution in [-0.4, -0.2) is 34.1 Å². The van der Waals surface area contributed by atoms with Crippen LogP contribution in [-0.2, 0) is 0 Å². The molecule has 16 heavy (non-hydrogen) atoms. The van der Waals surface area contributed by atoms with Crippen LogP contribution in [0.4, 0.5) is 5.69 Å². The molecule has 0 fully saturated rings. The molecule has 0 amide bonds. The van der Waals surface area contributed by atoms with Gasteiger partial charge in [-0.05, 0) is 37.5 Å². The van der Waals surface area contributed by atoms with E-state index in [1.54, 1.807) is 23.9 Å². The molecule has 0 aliphatic rings. The Morgan fingerprint density at radius 2 is 2.44 bits per heavy atom. The van der Waals surface area contributed by atoms with E-state index in [1.165, 1.54) is 6.20 Å². The van der Waals surface area contributed by atoms with Crippen molar-refractivity contribution in [2.24, 2.45) is 0 Å². The number of hydrogen-bond donors (Lipinski definition) is 2. The van der Waals surface area contributed by atoms with Gasteiger partial charge in [-0.1, -0.05) is 0 Å². The summed E-state index contributed by atoms with van der Waals surface area (Å²) < 4.78 is 0. The molecule has 0 aliphatic carbocycles. The molecule has 0 aromatic carbocycles. The maximum Gasteiger partial charge on any atom is 0.354 e. The van der Waals surface area contributed by atoms with Crippen molar-refractivity contribution in [2.75, 3.05) is 17.3 Å². The van der Waals surface area contributed by atoms with Crippen molar-refractivity contribution in [3.63, 3.8) is 0 Å². The molecule has 1 heterocycles. The lowest BCUT2D eigenvalue weighted by Gasteiger charge is -2.14. The average Bonchev–Trinajstić information content (AvgIpc) is 2.26. The lowest BCUT2D eigenvalue weighted by molar-refractivity contribution is 0.0690. The molecular formula is C11H16N2O2S. The molecule has 0 radical (unpaired) electrons. The van der Waals surface area contributed by atoms with Gasteiger partial charge < -0.3 is 10.4 Å². The minimum Gasteiger partial charge on any atom is -0.477 e. The fraction of sp³-hybridized carbons (Fsp3) is 0.455. The first-order valence-electron chi connectivity index (χ1n) is 5.08. The Balaban J connectivity index is 2.59. The minimum atomic E-state index is -1.000. The largest absolute Gasteiger partial charge is 0.477 e. The molecule has 0 spiro atoms. The third-order valence-electron chi connectivity index (χ3n) is 2.15. The van der Waals surface area contributed by atoms with Gasteiger partial charge in [0.2, 0.25) is 0 Å². The fourth-order valence-electron chi connectivity index (χ4n) is 1.29. The van der Waals surface area contributed by atoms with Crippen molar-refractivity contribution < 1.29 is 9.90 Å². The number of carboxylic acids is 1. The number of carbonyl (C=O) groups is 1. The number of rotatable bonds is 6. The summed E-state index contributed by atoms with van der Waals surface area (Å²) in [6, 6.07) is 3.66. The van der Waals surface area contributed by atoms with E-state index in [-0.39, 0.29) is 5.69 Å². The molecule has 0 aliphatic heterocycles. The Morgan fingerprint density at radius 1 is 1.69 bits per heavy atom. The first kappa shape index (κ1) is 12.8. The van der Waals surface area contributed by atoms with Crippen LogP contribution in [0.15, 0.2) is 18.3 Å². The average molecular weight is 240 g/mol. The van der Waals surface area contributed by atoms with E-state index < -0.39 is 5.97 Å². The number of nitrogens with zero attached hydrogens (tertiary/aromatic N) is 1. The van der Waals surface area contributed by atoms with Gasteiger partial charge >= 0.3 is 5.97 Å². The zero-order chi connectivity index (χ0) is 12.0. The van der Waals surface area contributed by atoms with Gasteiger partial charge in [0, 0.05) is 17.9 Å². The smallest absolute Gasteiger partial charge is 0.354 e. The van der Waals surface area contributed by atoms with Gasteiger partial charge in [0.05, 0.1) is 0 Å². The molecular weight excluding hydrogens is 224 g/mol. The molecule has 0 saturated carbocycles. The normalized spacial score (nSPS) is 12.1. The second-order valence-corrected chi connectivity index (χ2v) is 4.55. The molecule has 1 atom stereocenters. The van der Waals surface area contributed by atoms with E-state index in [2.05, 4.69) is 23.5 Å². The van der Waals surface area contributed by atoms with Gasteiger partial charge in [-0.2, -0.15) is 11.8 Å². The monoisotopic (exact) mass is 240 g/mol. The van der Waals surface area contributed by atoms with E-state index in [4.69, 9.17) is 5.11 Å². The van der Waals surface area contributed by atoms with Crippen molar-refractivity contribution in [1.82, 2.24) is 4.98 Å². The topological polar surface area (TPSA) is 62.2 Å². The highest BCUT2D eigenvalue weighted by atomic mass is 32.2. The highest BCUT2D eigenvalue weighted by molar-refractivity contribution is 7.98. The fourth-order valence-corrected chi connectivity index (χ4v) is 1.88. The van der Waals surface area contributed by atoms with Crippen molar-refractivity contribution in [2.45, 2.75) is 19.4 Å². The molecule has 1 rings (SSSR count). The van der Waals surface area contributed by atoms with Crippen LogP contribution in [0.3, 0.4) is 0 Å². The van der Waals surface area contributed by atoms with Crippen molar-refractivity contribution in [3.8, 4) is 0 Å². The van der Waals surface area contributed by atoms with Gasteiger partial charge in [-0.15, -0.1) is 0 Å². The zero-order valence-corrected chi connectivity index (χ0v) is 10.3. The van der Waals surface area contributed by atoms with Crippen LogP contribution in [0.25, 0.3) is 0 Å². The van der Waals surface area contributed by atoms with Crippen molar-refractivity contribution >= 4 is 23.4 Å². The lowest BCUT2D eigenvalue weighted by Crippen LogP contribution is -2.16. The van der Waals surface area contributed by atoms with Gasteiger partial charge in [-0.25, -0.2) is 9.78 Å². The van der Waals surface area contributed by atoms with Crippen molar-refractivity contribution in [3.05, 3.63) is 24.0 Å². The van der Waals surface area contributed by atoms with E-state index in [1.807, 2.05) is 0 Å². The quantitative estimate of drug-likeness (QED) is 0.799. The number of nitrogens with one attached hydrogen (secondary N) is 1. The van der Waals surface area contributed by atoms with Gasteiger partial charge in [0.15, 0.2) is 0 Å². The van der Waals surface area contributed by atoms with Gasteiger partial charge in [-0.3, -0.25) is 0 Å². The molecule has 0 bridgehead atoms. The summed E-state index contributed by atoms with van der Waals surface area (Å²) in [6.45, 7) is 2.08. The third kappa shape index (κ3) is 4.10. The maximum absolute atomic E-state index is 10.7. The standard InChI is InChI=1S/C11H16N2O2S/c1-8(4-6-16-2)13-9-3-5-12-10(7-9)11(14)15/h3,5,7-8H,4,6H2,1-2H3,(H,12,13)(H,14,15). The number of thioether (sulfide) groups is 1. The van der Waals surface area contributed by atoms with E-state index in [9.17, 15) is 4.79 Å². The summed E-state index contributed by atoms with van der Waals surface area (Å²) in [4.78, 5) is 14.5. The first-order chi connectivity index (χ1) is 7.63. The molecule has 1 aromatic rings. The number of hydrogen-bond acceptors (Lipinski definition) is 4. The summed E-state index contributed by atoms with van der Waals surface area (Å²) >= 11 is 1.80. The number of aromatic carboxylic acids is 1. The summed E-state index contributed by atoms with van der Waals surface area (Å²) in [5, 5.41) is 12.0. The van der Waals surface area contributed by atoms with E-state index >= 15 is 0 Å². The van der Waals surface area contributed by atoms with Crippen LogP contribution < -0.4 is 5.32 Å². The summed E-state index contributed by atoms with van der Waals surface area (Å²) in [5.41, 5.74) is 0.878. The number of anilines is 1. The molecule has 1 unspecified atom stereocenters. The third-order valence-corrected chi connectivity index (χ3v) is 2.79. The predicted octanol–water partition coefficient (Wildman–Crippen LogP) is 2.33. The van der Waals surface area contributed by atoms with Crippen LogP contribution in [0, 0.1) is 0 Å². The number of aromatic nitrogens is 1. The van der Waals surface area contributed by atoms with Crippen LogP contribution in [0.5, 0.6) is 0 Å². The molecule has 2 N–H and O–H groups in total. The van der Waals surface area contributed by atoms with E-state index in [0.717, 1.165) is 17.9 Å². The van der Waals surface area contributed by atoms with Crippen LogP contribution in [0.2, 0.25) is 0 Å². The van der Waals surface area contributed by atoms with E-state index in [0.29, 0.717) is 6.04 Å². The maximum atomic E-state index is 10.7. The Kier molecular flexibility index (Phi) is 5.11. The highest BCUT2D eigenvalue weighted by Gasteiger charge is 2.06. The SMILES string of the molecule is CSCCC(C)Nc1ccnc(C(=O)O)c1. The molecule has 1 aromatic heterocycles. The van der Waals surface area contributed by atoms with Gasteiger partial charge in [0.1, 0.15) is 5.69 Å². The minimum absolute atomic E-state index is 0.0714. The van der Waals surface area contributed by atoms with Gasteiger partial charge in [0.25, 0.3) is 0 Å². The van der Waals surface area contributed by atoms with Crippen LogP contribution >= 0.6 is 11.8 Å². The second kappa shape index (κ2) is 6.37. The number of pyridine rings is 1. The Hall–Kier alpha value is -1.23. The molecule has 4 nitrogen and oxygen atoms in total. The first-order valence-corrected chi connectivity index (χ1v) is 6.47. The Bertz CT molecular complexity index is 358. The summed E-state index contributed by atoms with van der Waals surface area (Å²) in [6.07, 6.45) is 4.63. The lowest BCUT2D eigenvalue weighted by atomic mass is 10.2. The van der Waals surface area contributed by atoms with Crippen LogP contribution in [0.1, 0.15) is 23.8 Å². The zero-order valence-electron chi connectivity index (χ0n) is 9.43. The van der Waals surface area contributed by atoms with Crippen molar-refractivity contribution in [1.29, 1.82) is 0 Å². The second-order valence-electron chi connectivity index (χ2n) is 3.56. The summed E-state index contributed by atoms with van der Waals surface area (Å²) in [7, 11) is 0. The molecule has 0 saturated heterocycles. The highest BCUT2D eigenvalue weighted by Crippen LogP contribution is 2.11. The Labute approximate surface area is 99.5 Å². The summed E-state index contributed by atoms with van der Waals surface area (Å²) in [5.74, 6) is 0.0887. The Morgan fingerprint density at radius 3 is 3.06 bits per heavy atom. The number of carboxylic acid groups (broad SMARTS) is 1.